The lowest BCUT2D eigenvalue weighted by molar-refractivity contribution is 0.0706. The standard InChI is InChI=1S/C13H14Br2ClNO/c1-8-5-6-17(7-11(8)15)13(18)9-3-2-4-10(14)12(9)16/h2-4,8,11H,5-7H2,1H3. The van der Waals surface area contributed by atoms with Crippen molar-refractivity contribution in [2.45, 2.75) is 18.2 Å². The summed E-state index contributed by atoms with van der Waals surface area (Å²) < 4.78 is 0.760. The Morgan fingerprint density at radius 2 is 2.22 bits per heavy atom. The molecule has 1 aliphatic rings. The van der Waals surface area contributed by atoms with Gasteiger partial charge < -0.3 is 4.90 Å². The molecule has 98 valence electrons. The van der Waals surface area contributed by atoms with Gasteiger partial charge in [0, 0.05) is 22.4 Å². The molecule has 1 aliphatic heterocycles. The second-order valence-corrected chi connectivity index (χ2v) is 7.04. The molecule has 0 aromatic heterocycles. The van der Waals surface area contributed by atoms with Crippen LogP contribution in [0.25, 0.3) is 0 Å². The van der Waals surface area contributed by atoms with Gasteiger partial charge in [0.15, 0.2) is 0 Å². The normalized spacial score (nSPS) is 24.1. The first-order valence-corrected chi connectivity index (χ1v) is 7.96. The Balaban J connectivity index is 2.19. The van der Waals surface area contributed by atoms with E-state index in [1.165, 1.54) is 0 Å². The molecule has 0 bridgehead atoms. The predicted octanol–water partition coefficient (Wildman–Crippen LogP) is 4.35. The smallest absolute Gasteiger partial charge is 0.255 e. The number of hydrogen-bond acceptors (Lipinski definition) is 1. The summed E-state index contributed by atoms with van der Waals surface area (Å²) >= 11 is 13.1. The number of amides is 1. The summed E-state index contributed by atoms with van der Waals surface area (Å²) in [7, 11) is 0. The molecule has 5 heteroatoms. The van der Waals surface area contributed by atoms with Crippen LogP contribution >= 0.6 is 43.5 Å². The number of carbonyl (C=O) groups is 1. The number of nitrogens with zero attached hydrogens (tertiary/aromatic N) is 1. The van der Waals surface area contributed by atoms with Crippen molar-refractivity contribution < 1.29 is 4.79 Å². The lowest BCUT2D eigenvalue weighted by atomic mass is 9.98. The van der Waals surface area contributed by atoms with E-state index in [0.717, 1.165) is 24.0 Å². The van der Waals surface area contributed by atoms with Crippen LogP contribution in [0.5, 0.6) is 0 Å². The summed E-state index contributed by atoms with van der Waals surface area (Å²) in [6, 6.07) is 5.45. The quantitative estimate of drug-likeness (QED) is 0.648. The van der Waals surface area contributed by atoms with Crippen molar-refractivity contribution in [1.82, 2.24) is 4.90 Å². The van der Waals surface area contributed by atoms with E-state index in [2.05, 4.69) is 38.8 Å². The molecule has 0 radical (unpaired) electrons. The zero-order chi connectivity index (χ0) is 13.3. The number of likely N-dealkylation sites (tertiary alicyclic amines) is 1. The molecule has 2 rings (SSSR count). The van der Waals surface area contributed by atoms with E-state index >= 15 is 0 Å². The van der Waals surface area contributed by atoms with Gasteiger partial charge in [-0.2, -0.15) is 0 Å². The van der Waals surface area contributed by atoms with Crippen molar-refractivity contribution in [3.8, 4) is 0 Å². The van der Waals surface area contributed by atoms with Crippen LogP contribution in [0.1, 0.15) is 23.7 Å². The molecule has 0 spiro atoms. The van der Waals surface area contributed by atoms with Gasteiger partial charge >= 0.3 is 0 Å². The second kappa shape index (κ2) is 5.93. The molecule has 1 fully saturated rings. The molecular weight excluding hydrogens is 381 g/mol. The van der Waals surface area contributed by atoms with Crippen LogP contribution < -0.4 is 0 Å². The van der Waals surface area contributed by atoms with Crippen LogP contribution in [0.3, 0.4) is 0 Å². The minimum Gasteiger partial charge on any atom is -0.337 e. The van der Waals surface area contributed by atoms with Gasteiger partial charge in [0.1, 0.15) is 0 Å². The number of benzene rings is 1. The molecule has 2 unspecified atom stereocenters. The van der Waals surface area contributed by atoms with Crippen molar-refractivity contribution in [3.05, 3.63) is 33.3 Å². The highest BCUT2D eigenvalue weighted by molar-refractivity contribution is 9.10. The van der Waals surface area contributed by atoms with Crippen LogP contribution in [0, 0.1) is 5.92 Å². The third-order valence-electron chi connectivity index (χ3n) is 3.34. The van der Waals surface area contributed by atoms with Crippen molar-refractivity contribution >= 4 is 49.4 Å². The average Bonchev–Trinajstić information content (AvgIpc) is 2.35. The van der Waals surface area contributed by atoms with E-state index in [1.807, 2.05) is 17.0 Å². The fraction of sp³-hybridized carbons (Fsp3) is 0.462. The summed E-state index contributed by atoms with van der Waals surface area (Å²) in [6.07, 6.45) is 1.02. The summed E-state index contributed by atoms with van der Waals surface area (Å²) in [6.45, 7) is 3.74. The molecule has 1 aromatic rings. The average molecular weight is 396 g/mol. The highest BCUT2D eigenvalue weighted by Gasteiger charge is 2.28. The minimum absolute atomic E-state index is 0.0117. The number of piperidine rings is 1. The van der Waals surface area contributed by atoms with E-state index in [0.29, 0.717) is 21.3 Å². The number of halogens is 3. The molecule has 2 nitrogen and oxygen atoms in total. The van der Waals surface area contributed by atoms with Gasteiger partial charge in [0.25, 0.3) is 5.91 Å². The maximum absolute atomic E-state index is 12.4. The highest BCUT2D eigenvalue weighted by Crippen LogP contribution is 2.29. The fourth-order valence-electron chi connectivity index (χ4n) is 2.05. The topological polar surface area (TPSA) is 20.3 Å². The van der Waals surface area contributed by atoms with Gasteiger partial charge in [0.2, 0.25) is 0 Å². The molecule has 0 aliphatic carbocycles. The number of carbonyl (C=O) groups excluding carboxylic acids is 1. The first-order valence-electron chi connectivity index (χ1n) is 5.88. The molecule has 1 saturated heterocycles. The lowest BCUT2D eigenvalue weighted by Crippen LogP contribution is -2.43. The largest absolute Gasteiger partial charge is 0.337 e. The van der Waals surface area contributed by atoms with E-state index in [9.17, 15) is 4.79 Å². The molecule has 18 heavy (non-hydrogen) atoms. The van der Waals surface area contributed by atoms with Crippen LogP contribution in [-0.2, 0) is 0 Å². The van der Waals surface area contributed by atoms with Gasteiger partial charge in [-0.05, 0) is 40.4 Å². The van der Waals surface area contributed by atoms with E-state index < -0.39 is 0 Å². The first kappa shape index (κ1) is 14.4. The highest BCUT2D eigenvalue weighted by atomic mass is 79.9. The summed E-state index contributed by atoms with van der Waals surface area (Å²) in [5, 5.41) is 0.493. The van der Waals surface area contributed by atoms with Crippen molar-refractivity contribution in [3.63, 3.8) is 0 Å². The monoisotopic (exact) mass is 393 g/mol. The Labute approximate surface area is 129 Å². The Morgan fingerprint density at radius 1 is 1.50 bits per heavy atom. The SMILES string of the molecule is CC1CCN(C(=O)c2cccc(Br)c2Cl)CC1Br. The van der Waals surface area contributed by atoms with Crippen molar-refractivity contribution in [2.75, 3.05) is 13.1 Å². The summed E-state index contributed by atoms with van der Waals surface area (Å²) in [5.74, 6) is 0.615. The predicted molar refractivity (Wildman–Crippen MR) is 81.6 cm³/mol. The van der Waals surface area contributed by atoms with Crippen molar-refractivity contribution in [2.24, 2.45) is 5.92 Å². The third-order valence-corrected chi connectivity index (χ3v) is 5.82. The van der Waals surface area contributed by atoms with E-state index in [-0.39, 0.29) is 5.91 Å². The Kier molecular flexibility index (Phi) is 4.73. The van der Waals surface area contributed by atoms with E-state index in [4.69, 9.17) is 11.6 Å². The van der Waals surface area contributed by atoms with E-state index in [1.54, 1.807) is 6.07 Å². The number of rotatable bonds is 1. The molecular formula is C13H14Br2ClNO. The first-order chi connectivity index (χ1) is 8.50. The maximum atomic E-state index is 12.4. The maximum Gasteiger partial charge on any atom is 0.255 e. The molecule has 2 atom stereocenters. The van der Waals surface area contributed by atoms with Crippen LogP contribution in [0.4, 0.5) is 0 Å². The molecule has 0 saturated carbocycles. The van der Waals surface area contributed by atoms with Crippen LogP contribution in [0.15, 0.2) is 22.7 Å². The van der Waals surface area contributed by atoms with Crippen molar-refractivity contribution in [1.29, 1.82) is 0 Å². The third kappa shape index (κ3) is 2.91. The van der Waals surface area contributed by atoms with Gasteiger partial charge in [-0.15, -0.1) is 0 Å². The zero-order valence-corrected chi connectivity index (χ0v) is 13.9. The second-order valence-electron chi connectivity index (χ2n) is 4.63. The summed E-state index contributed by atoms with van der Waals surface area (Å²) in [4.78, 5) is 14.7. The Bertz CT molecular complexity index is 466. The fourth-order valence-corrected chi connectivity index (χ4v) is 3.23. The van der Waals surface area contributed by atoms with Crippen LogP contribution in [-0.4, -0.2) is 28.7 Å². The minimum atomic E-state index is 0.0117. The Hall–Kier alpha value is -0.0600. The molecule has 1 heterocycles. The Morgan fingerprint density at radius 3 is 2.89 bits per heavy atom. The zero-order valence-electron chi connectivity index (χ0n) is 10.00. The number of alkyl halides is 1. The van der Waals surface area contributed by atoms with Gasteiger partial charge in [-0.25, -0.2) is 0 Å². The lowest BCUT2D eigenvalue weighted by Gasteiger charge is -2.34. The van der Waals surface area contributed by atoms with Crippen LogP contribution in [0.2, 0.25) is 5.02 Å². The molecule has 1 amide bonds. The number of hydrogen-bond donors (Lipinski definition) is 0. The van der Waals surface area contributed by atoms with Gasteiger partial charge in [-0.1, -0.05) is 40.5 Å². The van der Waals surface area contributed by atoms with Gasteiger partial charge in [0.05, 0.1) is 10.6 Å². The molecule has 1 aromatic carbocycles. The molecule has 0 N–H and O–H groups in total. The summed E-state index contributed by atoms with van der Waals surface area (Å²) in [5.41, 5.74) is 0.570. The van der Waals surface area contributed by atoms with Gasteiger partial charge in [-0.3, -0.25) is 4.79 Å².